The molecule has 3 heteroatoms. The molecule has 14 heavy (non-hydrogen) atoms. The smallest absolute Gasteiger partial charge is 0.0513 e. The quantitative estimate of drug-likeness (QED) is 0.760. The van der Waals surface area contributed by atoms with Gasteiger partial charge in [-0.2, -0.15) is 5.06 Å². The molecule has 0 spiro atoms. The Labute approximate surface area is 87.0 Å². The number of hydrogen-bond donors (Lipinski definition) is 1. The van der Waals surface area contributed by atoms with E-state index in [2.05, 4.69) is 27.7 Å². The first-order valence-electron chi connectivity index (χ1n) is 5.39. The summed E-state index contributed by atoms with van der Waals surface area (Å²) in [6, 6.07) is 0. The van der Waals surface area contributed by atoms with E-state index in [1.165, 1.54) is 5.06 Å². The maximum atomic E-state index is 10.0. The molecule has 0 bridgehead atoms. The maximum absolute atomic E-state index is 10.0. The van der Waals surface area contributed by atoms with Gasteiger partial charge < -0.3 is 9.94 Å². The van der Waals surface area contributed by atoms with Crippen molar-refractivity contribution in [1.29, 1.82) is 0 Å². The Morgan fingerprint density at radius 3 is 2.29 bits per heavy atom. The number of hydroxylamine groups is 2. The second-order valence-electron chi connectivity index (χ2n) is 5.34. The highest BCUT2D eigenvalue weighted by Crippen LogP contribution is 2.43. The molecule has 1 atom stereocenters. The van der Waals surface area contributed by atoms with Crippen LogP contribution in [0, 0.1) is 5.92 Å². The zero-order chi connectivity index (χ0) is 11.0. The molecule has 3 nitrogen and oxygen atoms in total. The minimum atomic E-state index is -0.182. The first kappa shape index (κ1) is 12.0. The van der Waals surface area contributed by atoms with Crippen molar-refractivity contribution in [3.8, 4) is 0 Å². The van der Waals surface area contributed by atoms with Crippen LogP contribution < -0.4 is 0 Å². The van der Waals surface area contributed by atoms with Gasteiger partial charge in [0.15, 0.2) is 0 Å². The molecular formula is C11H23NO2. The number of nitrogens with zero attached hydrogens (tertiary/aromatic N) is 1. The molecule has 1 rings (SSSR count). The van der Waals surface area contributed by atoms with Gasteiger partial charge in [0, 0.05) is 23.6 Å². The second-order valence-corrected chi connectivity index (χ2v) is 5.34. The van der Waals surface area contributed by atoms with E-state index in [1.54, 1.807) is 0 Å². The monoisotopic (exact) mass is 201 g/mol. The van der Waals surface area contributed by atoms with Crippen LogP contribution in [0.4, 0.5) is 0 Å². The average molecular weight is 201 g/mol. The Hall–Kier alpha value is -0.120. The Bertz CT molecular complexity index is 201. The standard InChI is InChI=1S/C11H23NO2/c1-6-14-8-9-7-10(2,3)12(13)11(9,4)5/h9,13H,6-8H2,1-5H3. The van der Waals surface area contributed by atoms with Crippen molar-refractivity contribution in [2.45, 2.75) is 52.1 Å². The van der Waals surface area contributed by atoms with Crippen LogP contribution in [0.25, 0.3) is 0 Å². The van der Waals surface area contributed by atoms with Crippen molar-refractivity contribution in [3.05, 3.63) is 0 Å². The summed E-state index contributed by atoms with van der Waals surface area (Å²) in [6.07, 6.45) is 0.983. The fourth-order valence-electron chi connectivity index (χ4n) is 2.42. The van der Waals surface area contributed by atoms with Crippen molar-refractivity contribution in [2.24, 2.45) is 5.92 Å². The molecule has 1 N–H and O–H groups in total. The molecule has 1 unspecified atom stereocenters. The normalized spacial score (nSPS) is 30.9. The predicted octanol–water partition coefficient (Wildman–Crippen LogP) is 2.29. The summed E-state index contributed by atoms with van der Waals surface area (Å²) >= 11 is 0. The van der Waals surface area contributed by atoms with Gasteiger partial charge in [0.05, 0.1) is 6.61 Å². The third-order valence-electron chi connectivity index (χ3n) is 3.39. The van der Waals surface area contributed by atoms with E-state index >= 15 is 0 Å². The molecule has 0 aromatic heterocycles. The number of ether oxygens (including phenoxy) is 1. The molecular weight excluding hydrogens is 178 g/mol. The molecule has 1 aliphatic heterocycles. The van der Waals surface area contributed by atoms with Gasteiger partial charge in [0.2, 0.25) is 0 Å². The van der Waals surface area contributed by atoms with E-state index in [9.17, 15) is 5.21 Å². The summed E-state index contributed by atoms with van der Waals surface area (Å²) in [4.78, 5) is 0. The van der Waals surface area contributed by atoms with Crippen LogP contribution in [0.15, 0.2) is 0 Å². The van der Waals surface area contributed by atoms with E-state index in [4.69, 9.17) is 4.74 Å². The van der Waals surface area contributed by atoms with Crippen LogP contribution in [0.1, 0.15) is 41.0 Å². The van der Waals surface area contributed by atoms with Gasteiger partial charge in [0.25, 0.3) is 0 Å². The molecule has 1 saturated heterocycles. The van der Waals surface area contributed by atoms with Crippen molar-refractivity contribution in [2.75, 3.05) is 13.2 Å². The molecule has 0 aromatic carbocycles. The number of rotatable bonds is 3. The van der Waals surface area contributed by atoms with Crippen LogP contribution in [0.5, 0.6) is 0 Å². The fraction of sp³-hybridized carbons (Fsp3) is 1.00. The Morgan fingerprint density at radius 1 is 1.36 bits per heavy atom. The highest BCUT2D eigenvalue weighted by molar-refractivity contribution is 5.01. The maximum Gasteiger partial charge on any atom is 0.0513 e. The molecule has 0 amide bonds. The molecule has 1 aliphatic rings. The predicted molar refractivity (Wildman–Crippen MR) is 56.4 cm³/mol. The zero-order valence-electron chi connectivity index (χ0n) is 10.0. The third kappa shape index (κ3) is 1.95. The minimum Gasteiger partial charge on any atom is -0.381 e. The molecule has 1 fully saturated rings. The van der Waals surface area contributed by atoms with Crippen LogP contribution in [0.2, 0.25) is 0 Å². The summed E-state index contributed by atoms with van der Waals surface area (Å²) in [7, 11) is 0. The van der Waals surface area contributed by atoms with Gasteiger partial charge in [0.1, 0.15) is 0 Å². The van der Waals surface area contributed by atoms with E-state index in [0.717, 1.165) is 19.6 Å². The summed E-state index contributed by atoms with van der Waals surface area (Å²) in [5.41, 5.74) is -0.316. The highest BCUT2D eigenvalue weighted by atomic mass is 16.5. The molecule has 84 valence electrons. The first-order valence-corrected chi connectivity index (χ1v) is 5.39. The van der Waals surface area contributed by atoms with Gasteiger partial charge >= 0.3 is 0 Å². The molecule has 0 saturated carbocycles. The van der Waals surface area contributed by atoms with Crippen molar-refractivity contribution >= 4 is 0 Å². The first-order chi connectivity index (χ1) is 6.32. The van der Waals surface area contributed by atoms with Crippen LogP contribution in [-0.2, 0) is 4.74 Å². The largest absolute Gasteiger partial charge is 0.381 e. The third-order valence-corrected chi connectivity index (χ3v) is 3.39. The lowest BCUT2D eigenvalue weighted by Crippen LogP contribution is -2.47. The minimum absolute atomic E-state index is 0.134. The van der Waals surface area contributed by atoms with Gasteiger partial charge in [-0.25, -0.2) is 0 Å². The lowest BCUT2D eigenvalue weighted by atomic mass is 9.88. The highest BCUT2D eigenvalue weighted by Gasteiger charge is 2.51. The lowest BCUT2D eigenvalue weighted by molar-refractivity contribution is -0.198. The van der Waals surface area contributed by atoms with Crippen LogP contribution in [-0.4, -0.2) is 34.6 Å². The average Bonchev–Trinajstić information content (AvgIpc) is 2.23. The van der Waals surface area contributed by atoms with Gasteiger partial charge in [-0.3, -0.25) is 0 Å². The van der Waals surface area contributed by atoms with Gasteiger partial charge in [-0.05, 0) is 41.0 Å². The van der Waals surface area contributed by atoms with Gasteiger partial charge in [-0.15, -0.1) is 0 Å². The van der Waals surface area contributed by atoms with E-state index in [-0.39, 0.29) is 11.1 Å². The van der Waals surface area contributed by atoms with Crippen molar-refractivity contribution in [1.82, 2.24) is 5.06 Å². The van der Waals surface area contributed by atoms with Crippen LogP contribution >= 0.6 is 0 Å². The number of hydrogen-bond acceptors (Lipinski definition) is 3. The molecule has 0 aromatic rings. The van der Waals surface area contributed by atoms with Gasteiger partial charge in [-0.1, -0.05) is 0 Å². The Balaban J connectivity index is 2.70. The van der Waals surface area contributed by atoms with E-state index in [0.29, 0.717) is 5.92 Å². The van der Waals surface area contributed by atoms with E-state index < -0.39 is 0 Å². The Kier molecular flexibility index (Phi) is 3.24. The zero-order valence-corrected chi connectivity index (χ0v) is 10.0. The SMILES string of the molecule is CCOCC1CC(C)(C)N(O)C1(C)C. The van der Waals surface area contributed by atoms with Crippen molar-refractivity contribution in [3.63, 3.8) is 0 Å². The molecule has 0 radical (unpaired) electrons. The van der Waals surface area contributed by atoms with E-state index in [1.807, 2.05) is 6.92 Å². The lowest BCUT2D eigenvalue weighted by Gasteiger charge is -2.35. The molecule has 1 heterocycles. The second kappa shape index (κ2) is 3.80. The summed E-state index contributed by atoms with van der Waals surface area (Å²) in [5, 5.41) is 11.5. The summed E-state index contributed by atoms with van der Waals surface area (Å²) in [6.45, 7) is 11.8. The summed E-state index contributed by atoms with van der Waals surface area (Å²) in [5.74, 6) is 0.405. The Morgan fingerprint density at radius 2 is 1.93 bits per heavy atom. The summed E-state index contributed by atoms with van der Waals surface area (Å²) < 4.78 is 5.46. The fourth-order valence-corrected chi connectivity index (χ4v) is 2.42. The van der Waals surface area contributed by atoms with Crippen LogP contribution in [0.3, 0.4) is 0 Å². The topological polar surface area (TPSA) is 32.7 Å². The van der Waals surface area contributed by atoms with Crippen molar-refractivity contribution < 1.29 is 9.94 Å². The molecule has 0 aliphatic carbocycles.